The Morgan fingerprint density at radius 1 is 1.14 bits per heavy atom. The van der Waals surface area contributed by atoms with Crippen LogP contribution in [-0.4, -0.2) is 73.8 Å². The van der Waals surface area contributed by atoms with Crippen molar-refractivity contribution in [3.63, 3.8) is 0 Å². The fraction of sp³-hybridized carbons (Fsp3) is 0.529. The summed E-state index contributed by atoms with van der Waals surface area (Å²) in [5.74, 6) is -0.231. The molecule has 0 atom stereocenters. The van der Waals surface area contributed by atoms with Gasteiger partial charge in [-0.1, -0.05) is 19.9 Å². The molecule has 0 bridgehead atoms. The van der Waals surface area contributed by atoms with Crippen LogP contribution in [0.2, 0.25) is 0 Å². The monoisotopic (exact) mass is 427 g/mol. The van der Waals surface area contributed by atoms with Crippen LogP contribution < -0.4 is 10.6 Å². The number of nitro benzene ring substituents is 1. The summed E-state index contributed by atoms with van der Waals surface area (Å²) in [5, 5.41) is 16.2. The molecule has 0 radical (unpaired) electrons. The molecule has 160 valence electrons. The molecule has 1 saturated heterocycles. The number of hydrogen-bond acceptors (Lipinski definition) is 6. The van der Waals surface area contributed by atoms with Crippen molar-refractivity contribution in [2.24, 2.45) is 5.92 Å². The van der Waals surface area contributed by atoms with Gasteiger partial charge in [-0.15, -0.1) is 0 Å². The Kier molecular flexibility index (Phi) is 7.51. The molecule has 1 aromatic rings. The number of carbonyl (C=O) groups excluding carboxylic acids is 2. The van der Waals surface area contributed by atoms with Gasteiger partial charge in [0, 0.05) is 57.3 Å². The zero-order valence-corrected chi connectivity index (χ0v) is 17.1. The van der Waals surface area contributed by atoms with E-state index in [0.717, 1.165) is 6.07 Å². The average molecular weight is 427 g/mol. The SMILES string of the molecule is CC(C)C(=O)NCCNC(=O)N1CCN(S(=O)(=O)c2cccc([N+](=O)[O-])c2)CC1. The third kappa shape index (κ3) is 5.87. The molecule has 0 unspecified atom stereocenters. The fourth-order valence-electron chi connectivity index (χ4n) is 2.71. The molecule has 1 aliphatic rings. The highest BCUT2D eigenvalue weighted by Gasteiger charge is 2.30. The lowest BCUT2D eigenvalue weighted by molar-refractivity contribution is -0.385. The molecule has 12 heteroatoms. The lowest BCUT2D eigenvalue weighted by Crippen LogP contribution is -2.53. The van der Waals surface area contributed by atoms with Crippen LogP contribution in [-0.2, 0) is 14.8 Å². The summed E-state index contributed by atoms with van der Waals surface area (Å²) >= 11 is 0. The molecule has 0 saturated carbocycles. The molecular formula is C17H25N5O6S. The van der Waals surface area contributed by atoms with Crippen LogP contribution in [0, 0.1) is 16.0 Å². The molecule has 0 aromatic heterocycles. The van der Waals surface area contributed by atoms with Gasteiger partial charge < -0.3 is 15.5 Å². The van der Waals surface area contributed by atoms with Gasteiger partial charge in [0.2, 0.25) is 15.9 Å². The maximum Gasteiger partial charge on any atom is 0.317 e. The molecule has 2 N–H and O–H groups in total. The summed E-state index contributed by atoms with van der Waals surface area (Å²) in [7, 11) is -3.88. The van der Waals surface area contributed by atoms with E-state index in [0.29, 0.717) is 6.54 Å². The lowest BCUT2D eigenvalue weighted by atomic mass is 10.2. The molecule has 0 aliphatic carbocycles. The zero-order valence-electron chi connectivity index (χ0n) is 16.3. The number of nitro groups is 1. The van der Waals surface area contributed by atoms with Crippen molar-refractivity contribution in [2.75, 3.05) is 39.3 Å². The predicted molar refractivity (Wildman–Crippen MR) is 105 cm³/mol. The molecule has 29 heavy (non-hydrogen) atoms. The van der Waals surface area contributed by atoms with E-state index in [1.165, 1.54) is 27.4 Å². The van der Waals surface area contributed by atoms with Gasteiger partial charge in [-0.2, -0.15) is 4.31 Å². The number of hydrogen-bond donors (Lipinski definition) is 2. The number of rotatable bonds is 7. The van der Waals surface area contributed by atoms with E-state index in [2.05, 4.69) is 10.6 Å². The van der Waals surface area contributed by atoms with E-state index in [4.69, 9.17) is 0 Å². The number of carbonyl (C=O) groups is 2. The van der Waals surface area contributed by atoms with Crippen molar-refractivity contribution in [2.45, 2.75) is 18.7 Å². The average Bonchev–Trinajstić information content (AvgIpc) is 2.70. The maximum atomic E-state index is 12.7. The number of nitrogens with zero attached hydrogens (tertiary/aromatic N) is 3. The largest absolute Gasteiger partial charge is 0.354 e. The molecule has 0 spiro atoms. The number of amides is 3. The van der Waals surface area contributed by atoms with Crippen molar-refractivity contribution < 1.29 is 22.9 Å². The first-order valence-corrected chi connectivity index (χ1v) is 10.6. The van der Waals surface area contributed by atoms with Crippen LogP contribution >= 0.6 is 0 Å². The molecule has 1 aliphatic heterocycles. The molecular weight excluding hydrogens is 402 g/mol. The van der Waals surface area contributed by atoms with Crippen LogP contribution in [0.25, 0.3) is 0 Å². The van der Waals surface area contributed by atoms with Crippen LogP contribution in [0.1, 0.15) is 13.8 Å². The van der Waals surface area contributed by atoms with E-state index in [9.17, 15) is 28.1 Å². The summed E-state index contributed by atoms with van der Waals surface area (Å²) in [6, 6.07) is 4.56. The third-order valence-corrected chi connectivity index (χ3v) is 6.31. The molecule has 1 aromatic carbocycles. The first-order chi connectivity index (χ1) is 13.6. The summed E-state index contributed by atoms with van der Waals surface area (Å²) in [6.45, 7) is 4.68. The highest BCUT2D eigenvalue weighted by Crippen LogP contribution is 2.22. The minimum Gasteiger partial charge on any atom is -0.354 e. The van der Waals surface area contributed by atoms with Gasteiger partial charge in [0.05, 0.1) is 9.82 Å². The van der Waals surface area contributed by atoms with E-state index in [-0.39, 0.29) is 61.2 Å². The van der Waals surface area contributed by atoms with Crippen molar-refractivity contribution in [3.8, 4) is 0 Å². The second kappa shape index (κ2) is 9.65. The van der Waals surface area contributed by atoms with Gasteiger partial charge in [0.15, 0.2) is 0 Å². The second-order valence-electron chi connectivity index (χ2n) is 6.82. The van der Waals surface area contributed by atoms with Crippen molar-refractivity contribution in [1.29, 1.82) is 0 Å². The minimum atomic E-state index is -3.88. The van der Waals surface area contributed by atoms with Gasteiger partial charge in [0.25, 0.3) is 5.69 Å². The normalized spacial score (nSPS) is 15.2. The van der Waals surface area contributed by atoms with Crippen molar-refractivity contribution in [3.05, 3.63) is 34.4 Å². The highest BCUT2D eigenvalue weighted by molar-refractivity contribution is 7.89. The number of non-ortho nitro benzene ring substituents is 1. The van der Waals surface area contributed by atoms with Gasteiger partial charge in [0.1, 0.15) is 0 Å². The molecule has 11 nitrogen and oxygen atoms in total. The number of nitrogens with one attached hydrogen (secondary N) is 2. The fourth-order valence-corrected chi connectivity index (χ4v) is 4.17. The van der Waals surface area contributed by atoms with Gasteiger partial charge >= 0.3 is 6.03 Å². The third-order valence-electron chi connectivity index (χ3n) is 4.42. The van der Waals surface area contributed by atoms with Gasteiger partial charge in [-0.3, -0.25) is 14.9 Å². The molecule has 3 amide bonds. The predicted octanol–water partition coefficient (Wildman–Crippen LogP) is 0.383. The Labute approximate surface area is 169 Å². The summed E-state index contributed by atoms with van der Waals surface area (Å²) < 4.78 is 26.6. The highest BCUT2D eigenvalue weighted by atomic mass is 32.2. The van der Waals surface area contributed by atoms with Crippen molar-refractivity contribution >= 4 is 27.6 Å². The zero-order chi connectivity index (χ0) is 21.6. The van der Waals surface area contributed by atoms with Gasteiger partial charge in [-0.05, 0) is 6.07 Å². The van der Waals surface area contributed by atoms with Crippen LogP contribution in [0.4, 0.5) is 10.5 Å². The first kappa shape index (κ1) is 22.6. The Hall–Kier alpha value is -2.73. The van der Waals surface area contributed by atoms with E-state index < -0.39 is 14.9 Å². The standard InChI is InChI=1S/C17H25N5O6S/c1-13(2)16(23)18-6-7-19-17(24)20-8-10-21(11-9-20)29(27,28)15-5-3-4-14(12-15)22(25)26/h3-5,12-13H,6-11H2,1-2H3,(H,18,23)(H,19,24). The topological polar surface area (TPSA) is 142 Å². The van der Waals surface area contributed by atoms with E-state index in [1.807, 2.05) is 0 Å². The quantitative estimate of drug-likeness (QED) is 0.366. The van der Waals surface area contributed by atoms with E-state index >= 15 is 0 Å². The summed E-state index contributed by atoms with van der Waals surface area (Å²) in [4.78, 5) is 35.2. The summed E-state index contributed by atoms with van der Waals surface area (Å²) in [5.41, 5.74) is -0.298. The van der Waals surface area contributed by atoms with E-state index in [1.54, 1.807) is 13.8 Å². The van der Waals surface area contributed by atoms with Crippen LogP contribution in [0.3, 0.4) is 0 Å². The number of piperazine rings is 1. The smallest absolute Gasteiger partial charge is 0.317 e. The second-order valence-corrected chi connectivity index (χ2v) is 8.76. The van der Waals surface area contributed by atoms with Gasteiger partial charge in [-0.25, -0.2) is 13.2 Å². The maximum absolute atomic E-state index is 12.7. The van der Waals surface area contributed by atoms with Crippen LogP contribution in [0.15, 0.2) is 29.2 Å². The summed E-state index contributed by atoms with van der Waals surface area (Å²) in [6.07, 6.45) is 0. The first-order valence-electron chi connectivity index (χ1n) is 9.18. The van der Waals surface area contributed by atoms with Crippen molar-refractivity contribution in [1.82, 2.24) is 19.8 Å². The lowest BCUT2D eigenvalue weighted by Gasteiger charge is -2.34. The Morgan fingerprint density at radius 3 is 2.34 bits per heavy atom. The van der Waals surface area contributed by atoms with Crippen LogP contribution in [0.5, 0.6) is 0 Å². The molecule has 1 fully saturated rings. The molecule has 1 heterocycles. The Morgan fingerprint density at radius 2 is 1.76 bits per heavy atom. The number of benzene rings is 1. The number of sulfonamides is 1. The molecule has 2 rings (SSSR count). The number of urea groups is 1. The minimum absolute atomic E-state index is 0.0858. The Balaban J connectivity index is 1.86. The Bertz CT molecular complexity index is 865.